The fourth-order valence-electron chi connectivity index (χ4n) is 3.48. The first-order valence-electron chi connectivity index (χ1n) is 7.49. The number of hydrogen-bond donors (Lipinski definition) is 2. The Kier molecular flexibility index (Phi) is 4.34. The number of carboxylic acids is 1. The summed E-state index contributed by atoms with van der Waals surface area (Å²) in [4.78, 5) is 23.6. The van der Waals surface area contributed by atoms with Gasteiger partial charge in [-0.25, -0.2) is 0 Å². The monoisotopic (exact) mass is 363 g/mol. The van der Waals surface area contributed by atoms with E-state index in [0.29, 0.717) is 11.8 Å². The van der Waals surface area contributed by atoms with Crippen molar-refractivity contribution >= 4 is 27.8 Å². The molecular formula is C17H18BrNO3. The first-order chi connectivity index (χ1) is 10.5. The molecule has 1 saturated carbocycles. The zero-order chi connectivity index (χ0) is 15.7. The third-order valence-corrected chi connectivity index (χ3v) is 5.11. The van der Waals surface area contributed by atoms with Gasteiger partial charge in [-0.1, -0.05) is 40.2 Å². The minimum Gasteiger partial charge on any atom is -0.481 e. The van der Waals surface area contributed by atoms with Crippen LogP contribution in [0.5, 0.6) is 0 Å². The van der Waals surface area contributed by atoms with Gasteiger partial charge < -0.3 is 10.4 Å². The van der Waals surface area contributed by atoms with Crippen molar-refractivity contribution in [1.29, 1.82) is 0 Å². The molecule has 5 heteroatoms. The van der Waals surface area contributed by atoms with Gasteiger partial charge >= 0.3 is 5.97 Å². The topological polar surface area (TPSA) is 66.4 Å². The van der Waals surface area contributed by atoms with Crippen LogP contribution in [0, 0.1) is 17.8 Å². The van der Waals surface area contributed by atoms with Crippen LogP contribution in [-0.4, -0.2) is 17.0 Å². The van der Waals surface area contributed by atoms with Crippen LogP contribution in [0.2, 0.25) is 0 Å². The first kappa shape index (κ1) is 15.3. The number of rotatable bonds is 5. The molecule has 1 amide bonds. The van der Waals surface area contributed by atoms with Gasteiger partial charge in [0.25, 0.3) is 0 Å². The van der Waals surface area contributed by atoms with E-state index >= 15 is 0 Å². The molecule has 1 aromatic rings. The predicted molar refractivity (Wildman–Crippen MR) is 86.1 cm³/mol. The van der Waals surface area contributed by atoms with Gasteiger partial charge in [0.05, 0.1) is 12.5 Å². The van der Waals surface area contributed by atoms with Gasteiger partial charge in [0.15, 0.2) is 0 Å². The Morgan fingerprint density at radius 3 is 2.50 bits per heavy atom. The van der Waals surface area contributed by atoms with Crippen molar-refractivity contribution in [3.63, 3.8) is 0 Å². The van der Waals surface area contributed by atoms with E-state index in [1.54, 1.807) is 0 Å². The van der Waals surface area contributed by atoms with Gasteiger partial charge in [-0.05, 0) is 42.4 Å². The van der Waals surface area contributed by atoms with Crippen molar-refractivity contribution in [2.24, 2.45) is 17.8 Å². The van der Waals surface area contributed by atoms with E-state index in [4.69, 9.17) is 5.11 Å². The number of carbonyl (C=O) groups excluding carboxylic acids is 1. The van der Waals surface area contributed by atoms with Crippen molar-refractivity contribution in [2.75, 3.05) is 0 Å². The molecular weight excluding hydrogens is 346 g/mol. The van der Waals surface area contributed by atoms with Gasteiger partial charge in [-0.15, -0.1) is 0 Å². The lowest BCUT2D eigenvalue weighted by Gasteiger charge is -2.23. The second-order valence-electron chi connectivity index (χ2n) is 6.10. The third-order valence-electron chi connectivity index (χ3n) is 4.58. The molecule has 22 heavy (non-hydrogen) atoms. The number of nitrogens with one attached hydrogen (secondary N) is 1. The van der Waals surface area contributed by atoms with Crippen molar-refractivity contribution in [3.8, 4) is 0 Å². The maximum atomic E-state index is 12.5. The molecule has 0 spiro atoms. The van der Waals surface area contributed by atoms with Crippen LogP contribution in [0.4, 0.5) is 0 Å². The summed E-state index contributed by atoms with van der Waals surface area (Å²) in [6.07, 6.45) is 6.15. The van der Waals surface area contributed by atoms with Crippen molar-refractivity contribution in [1.82, 2.24) is 5.32 Å². The van der Waals surface area contributed by atoms with Crippen molar-refractivity contribution in [2.45, 2.75) is 25.3 Å². The highest BCUT2D eigenvalue weighted by molar-refractivity contribution is 9.10. The van der Waals surface area contributed by atoms with Gasteiger partial charge in [0.2, 0.25) is 5.91 Å². The zero-order valence-electron chi connectivity index (χ0n) is 12.0. The lowest BCUT2D eigenvalue weighted by molar-refractivity contribution is -0.138. The molecule has 2 bridgehead atoms. The Morgan fingerprint density at radius 2 is 1.95 bits per heavy atom. The number of allylic oxidation sites excluding steroid dienone is 2. The summed E-state index contributed by atoms with van der Waals surface area (Å²) in [6, 6.07) is 6.92. The summed E-state index contributed by atoms with van der Waals surface area (Å²) in [6.45, 7) is 0. The lowest BCUT2D eigenvalue weighted by atomic mass is 9.92. The third kappa shape index (κ3) is 3.24. The summed E-state index contributed by atoms with van der Waals surface area (Å²) < 4.78 is 0.926. The van der Waals surface area contributed by atoms with E-state index in [-0.39, 0.29) is 18.2 Å². The Morgan fingerprint density at radius 1 is 1.23 bits per heavy atom. The average Bonchev–Trinajstić information content (AvgIpc) is 3.09. The second-order valence-corrected chi connectivity index (χ2v) is 7.01. The zero-order valence-corrected chi connectivity index (χ0v) is 13.6. The van der Waals surface area contributed by atoms with E-state index in [9.17, 15) is 9.59 Å². The van der Waals surface area contributed by atoms with Crippen molar-refractivity contribution < 1.29 is 14.7 Å². The summed E-state index contributed by atoms with van der Waals surface area (Å²) in [5.41, 5.74) is 0.817. The molecule has 116 valence electrons. The Bertz CT molecular complexity index is 611. The van der Waals surface area contributed by atoms with Crippen LogP contribution < -0.4 is 5.32 Å². The van der Waals surface area contributed by atoms with Crippen LogP contribution in [0.3, 0.4) is 0 Å². The van der Waals surface area contributed by atoms with E-state index in [2.05, 4.69) is 33.4 Å². The molecule has 0 heterocycles. The van der Waals surface area contributed by atoms with Crippen molar-refractivity contribution in [3.05, 3.63) is 46.5 Å². The van der Waals surface area contributed by atoms with Gasteiger partial charge in [0, 0.05) is 10.4 Å². The molecule has 2 aliphatic rings. The van der Waals surface area contributed by atoms with E-state index in [1.807, 2.05) is 24.3 Å². The fraction of sp³-hybridized carbons (Fsp3) is 0.412. The molecule has 3 rings (SSSR count). The highest BCUT2D eigenvalue weighted by atomic mass is 79.9. The van der Waals surface area contributed by atoms with Gasteiger partial charge in [-0.3, -0.25) is 9.59 Å². The SMILES string of the molecule is O=C(O)CC(NC(=O)C1CC2C=CC1C2)c1ccc(Br)cc1. The smallest absolute Gasteiger partial charge is 0.305 e. The summed E-state index contributed by atoms with van der Waals surface area (Å²) in [7, 11) is 0. The molecule has 0 radical (unpaired) electrons. The summed E-state index contributed by atoms with van der Waals surface area (Å²) in [5, 5.41) is 12.1. The second kappa shape index (κ2) is 6.24. The lowest BCUT2D eigenvalue weighted by Crippen LogP contribution is -2.36. The number of carboxylic acid groups (broad SMARTS) is 1. The number of fused-ring (bicyclic) bond motifs is 2. The highest BCUT2D eigenvalue weighted by Gasteiger charge is 2.40. The number of amides is 1. The van der Waals surface area contributed by atoms with Gasteiger partial charge in [-0.2, -0.15) is 0 Å². The fourth-order valence-corrected chi connectivity index (χ4v) is 3.75. The molecule has 4 atom stereocenters. The number of hydrogen-bond acceptors (Lipinski definition) is 2. The quantitative estimate of drug-likeness (QED) is 0.788. The minimum atomic E-state index is -0.916. The van der Waals surface area contributed by atoms with E-state index in [1.165, 1.54) is 0 Å². The molecule has 1 aromatic carbocycles. The van der Waals surface area contributed by atoms with E-state index < -0.39 is 12.0 Å². The molecule has 4 nitrogen and oxygen atoms in total. The maximum Gasteiger partial charge on any atom is 0.305 e. The van der Waals surface area contributed by atoms with Crippen LogP contribution >= 0.6 is 15.9 Å². The summed E-state index contributed by atoms with van der Waals surface area (Å²) >= 11 is 3.36. The Hall–Kier alpha value is -1.62. The molecule has 1 fully saturated rings. The highest BCUT2D eigenvalue weighted by Crippen LogP contribution is 2.43. The number of carbonyl (C=O) groups is 2. The molecule has 2 aliphatic carbocycles. The standard InChI is InChI=1S/C17H18BrNO3/c18-13-5-3-11(4-6-13)15(9-16(20)21)19-17(22)14-8-10-1-2-12(14)7-10/h1-6,10,12,14-15H,7-9H2,(H,19,22)(H,20,21). The number of halogens is 1. The van der Waals surface area contributed by atoms with Crippen LogP contribution in [0.15, 0.2) is 40.9 Å². The number of benzene rings is 1. The Balaban J connectivity index is 1.72. The normalized spacial score (nSPS) is 26.9. The summed E-state index contributed by atoms with van der Waals surface area (Å²) in [5.74, 6) is -0.111. The number of aliphatic carboxylic acids is 1. The molecule has 4 unspecified atom stereocenters. The minimum absolute atomic E-state index is 0.0123. The average molecular weight is 364 g/mol. The van der Waals surface area contributed by atoms with Gasteiger partial charge in [0.1, 0.15) is 0 Å². The predicted octanol–water partition coefficient (Wildman–Crippen LogP) is 3.29. The molecule has 0 aromatic heterocycles. The van der Waals surface area contributed by atoms with E-state index in [0.717, 1.165) is 22.9 Å². The largest absolute Gasteiger partial charge is 0.481 e. The van der Waals surface area contributed by atoms with Crippen LogP contribution in [0.1, 0.15) is 30.9 Å². The maximum absolute atomic E-state index is 12.5. The van der Waals surface area contributed by atoms with Crippen LogP contribution in [0.25, 0.3) is 0 Å². The molecule has 0 saturated heterocycles. The Labute approximate surface area is 137 Å². The first-order valence-corrected chi connectivity index (χ1v) is 8.28. The molecule has 0 aliphatic heterocycles. The van der Waals surface area contributed by atoms with Crippen LogP contribution in [-0.2, 0) is 9.59 Å². The molecule has 2 N–H and O–H groups in total.